The molecule has 2 aromatic rings. The number of H-pyrrole nitrogens is 1. The van der Waals surface area contributed by atoms with E-state index < -0.39 is 12.0 Å². The van der Waals surface area contributed by atoms with Gasteiger partial charge in [0.15, 0.2) is 0 Å². The highest BCUT2D eigenvalue weighted by Gasteiger charge is 2.23. The van der Waals surface area contributed by atoms with E-state index in [4.69, 9.17) is 4.74 Å². The van der Waals surface area contributed by atoms with Crippen molar-refractivity contribution in [2.24, 2.45) is 0 Å². The number of aromatic amines is 1. The number of methoxy groups -OCH3 is 1. The van der Waals surface area contributed by atoms with Crippen LogP contribution in [0.5, 0.6) is 0 Å². The standard InChI is InChI=1S/C14H16N4O3/c1-9-3-10(6-15-5-9)13(19)18-12(14(20)21-2)4-11-7-16-8-17-11/h3,5-8,12H,4H2,1-2H3,(H,16,17)(H,18,19)/t12-/m0/s1. The SMILES string of the molecule is COC(=O)[C@H](Cc1cnc[nH]1)NC(=O)c1cncc(C)c1. The van der Waals surface area contributed by atoms with E-state index in [1.54, 1.807) is 18.5 Å². The van der Waals surface area contributed by atoms with Crippen molar-refractivity contribution in [1.29, 1.82) is 0 Å². The maximum absolute atomic E-state index is 12.2. The first-order valence-electron chi connectivity index (χ1n) is 6.37. The van der Waals surface area contributed by atoms with Crippen molar-refractivity contribution >= 4 is 11.9 Å². The summed E-state index contributed by atoms with van der Waals surface area (Å²) < 4.78 is 4.72. The van der Waals surface area contributed by atoms with Crippen molar-refractivity contribution in [3.8, 4) is 0 Å². The Morgan fingerprint density at radius 2 is 2.14 bits per heavy atom. The number of imidazole rings is 1. The first-order valence-corrected chi connectivity index (χ1v) is 6.37. The van der Waals surface area contributed by atoms with E-state index in [0.717, 1.165) is 11.3 Å². The van der Waals surface area contributed by atoms with Crippen LogP contribution in [0.3, 0.4) is 0 Å². The molecular weight excluding hydrogens is 272 g/mol. The number of ether oxygens (including phenoxy) is 1. The third-order valence-corrected chi connectivity index (χ3v) is 2.91. The Hall–Kier alpha value is -2.70. The van der Waals surface area contributed by atoms with Crippen LogP contribution in [0.25, 0.3) is 0 Å². The van der Waals surface area contributed by atoms with E-state index in [1.165, 1.54) is 19.6 Å². The smallest absolute Gasteiger partial charge is 0.328 e. The van der Waals surface area contributed by atoms with Crippen molar-refractivity contribution in [3.05, 3.63) is 47.8 Å². The quantitative estimate of drug-likeness (QED) is 0.786. The largest absolute Gasteiger partial charge is 0.467 e. The number of esters is 1. The monoisotopic (exact) mass is 288 g/mol. The number of hydrogen-bond acceptors (Lipinski definition) is 5. The fourth-order valence-electron chi connectivity index (χ4n) is 1.87. The summed E-state index contributed by atoms with van der Waals surface area (Å²) >= 11 is 0. The Kier molecular flexibility index (Phi) is 4.65. The van der Waals surface area contributed by atoms with Gasteiger partial charge in [-0.25, -0.2) is 9.78 Å². The second kappa shape index (κ2) is 6.65. The lowest BCUT2D eigenvalue weighted by atomic mass is 10.1. The summed E-state index contributed by atoms with van der Waals surface area (Å²) in [6.07, 6.45) is 6.48. The molecule has 1 amide bonds. The van der Waals surface area contributed by atoms with Crippen molar-refractivity contribution in [2.45, 2.75) is 19.4 Å². The predicted molar refractivity (Wildman–Crippen MR) is 74.5 cm³/mol. The molecule has 0 unspecified atom stereocenters. The molecule has 7 nitrogen and oxygen atoms in total. The van der Waals surface area contributed by atoms with Crippen LogP contribution >= 0.6 is 0 Å². The summed E-state index contributed by atoms with van der Waals surface area (Å²) in [4.78, 5) is 34.7. The number of hydrogen-bond donors (Lipinski definition) is 2. The summed E-state index contributed by atoms with van der Waals surface area (Å²) in [6.45, 7) is 1.84. The van der Waals surface area contributed by atoms with E-state index in [9.17, 15) is 9.59 Å². The number of nitrogens with zero attached hydrogens (tertiary/aromatic N) is 2. The number of carbonyl (C=O) groups is 2. The highest BCUT2D eigenvalue weighted by atomic mass is 16.5. The van der Waals surface area contributed by atoms with Gasteiger partial charge in [-0.15, -0.1) is 0 Å². The Balaban J connectivity index is 2.11. The molecule has 0 saturated heterocycles. The molecule has 21 heavy (non-hydrogen) atoms. The second-order valence-electron chi connectivity index (χ2n) is 4.58. The van der Waals surface area contributed by atoms with Gasteiger partial charge >= 0.3 is 5.97 Å². The molecule has 2 heterocycles. The number of aromatic nitrogens is 3. The minimum atomic E-state index is -0.788. The Morgan fingerprint density at radius 1 is 1.33 bits per heavy atom. The number of pyridine rings is 1. The van der Waals surface area contributed by atoms with Crippen LogP contribution in [-0.4, -0.2) is 40.0 Å². The molecule has 0 bridgehead atoms. The highest BCUT2D eigenvalue weighted by Crippen LogP contribution is 2.05. The molecule has 0 aromatic carbocycles. The van der Waals surface area contributed by atoms with Crippen molar-refractivity contribution < 1.29 is 14.3 Å². The number of rotatable bonds is 5. The molecule has 0 saturated carbocycles. The average molecular weight is 288 g/mol. The topological polar surface area (TPSA) is 97.0 Å². The van der Waals surface area contributed by atoms with Gasteiger partial charge in [0.25, 0.3) is 5.91 Å². The molecule has 7 heteroatoms. The van der Waals surface area contributed by atoms with Gasteiger partial charge in [-0.1, -0.05) is 0 Å². The van der Waals surface area contributed by atoms with Crippen LogP contribution in [0.1, 0.15) is 21.6 Å². The van der Waals surface area contributed by atoms with Crippen molar-refractivity contribution in [3.63, 3.8) is 0 Å². The zero-order valence-electron chi connectivity index (χ0n) is 11.8. The van der Waals surface area contributed by atoms with Gasteiger partial charge in [0.1, 0.15) is 6.04 Å². The predicted octanol–water partition coefficient (Wildman–Crippen LogP) is 0.627. The second-order valence-corrected chi connectivity index (χ2v) is 4.58. The van der Waals surface area contributed by atoms with E-state index in [0.29, 0.717) is 5.56 Å². The molecular formula is C14H16N4O3. The van der Waals surface area contributed by atoms with Crippen LogP contribution in [0.4, 0.5) is 0 Å². The molecule has 2 aromatic heterocycles. The van der Waals surface area contributed by atoms with Gasteiger partial charge in [-0.3, -0.25) is 9.78 Å². The van der Waals surface area contributed by atoms with Gasteiger partial charge in [0.2, 0.25) is 0 Å². The molecule has 0 fully saturated rings. The van der Waals surface area contributed by atoms with Crippen LogP contribution in [0.15, 0.2) is 31.0 Å². The van der Waals surface area contributed by atoms with E-state index in [-0.39, 0.29) is 12.3 Å². The first kappa shape index (κ1) is 14.7. The number of amides is 1. The number of aryl methyl sites for hydroxylation is 1. The van der Waals surface area contributed by atoms with Crippen LogP contribution in [-0.2, 0) is 16.0 Å². The molecule has 2 rings (SSSR count). The fourth-order valence-corrected chi connectivity index (χ4v) is 1.87. The molecule has 0 spiro atoms. The van der Waals surface area contributed by atoms with Crippen molar-refractivity contribution in [1.82, 2.24) is 20.3 Å². The molecule has 0 radical (unpaired) electrons. The average Bonchev–Trinajstić information content (AvgIpc) is 2.98. The van der Waals surface area contributed by atoms with Crippen LogP contribution in [0.2, 0.25) is 0 Å². The molecule has 2 N–H and O–H groups in total. The Morgan fingerprint density at radius 3 is 2.76 bits per heavy atom. The lowest BCUT2D eigenvalue weighted by Gasteiger charge is -2.15. The summed E-state index contributed by atoms with van der Waals surface area (Å²) in [6, 6.07) is 0.913. The lowest BCUT2D eigenvalue weighted by Crippen LogP contribution is -2.43. The van der Waals surface area contributed by atoms with Gasteiger partial charge in [-0.2, -0.15) is 0 Å². The molecule has 0 aliphatic carbocycles. The number of carbonyl (C=O) groups excluding carboxylic acids is 2. The zero-order chi connectivity index (χ0) is 15.2. The van der Waals surface area contributed by atoms with Gasteiger partial charge in [-0.05, 0) is 18.6 Å². The summed E-state index contributed by atoms with van der Waals surface area (Å²) in [5.74, 6) is -0.889. The summed E-state index contributed by atoms with van der Waals surface area (Å²) in [7, 11) is 1.28. The third-order valence-electron chi connectivity index (χ3n) is 2.91. The van der Waals surface area contributed by atoms with Gasteiger partial charge < -0.3 is 15.0 Å². The zero-order valence-corrected chi connectivity index (χ0v) is 11.8. The minimum Gasteiger partial charge on any atom is -0.467 e. The normalized spacial score (nSPS) is 11.7. The Bertz CT molecular complexity index is 625. The maximum atomic E-state index is 12.2. The van der Waals surface area contributed by atoms with Crippen molar-refractivity contribution in [2.75, 3.05) is 7.11 Å². The fraction of sp³-hybridized carbons (Fsp3) is 0.286. The first-order chi connectivity index (χ1) is 10.1. The highest BCUT2D eigenvalue weighted by molar-refractivity contribution is 5.96. The van der Waals surface area contributed by atoms with E-state index in [2.05, 4.69) is 20.3 Å². The van der Waals surface area contributed by atoms with Gasteiger partial charge in [0, 0.05) is 30.7 Å². The third kappa shape index (κ3) is 3.88. The van der Waals surface area contributed by atoms with E-state index in [1.807, 2.05) is 6.92 Å². The minimum absolute atomic E-state index is 0.275. The lowest BCUT2D eigenvalue weighted by molar-refractivity contribution is -0.142. The maximum Gasteiger partial charge on any atom is 0.328 e. The van der Waals surface area contributed by atoms with Crippen LogP contribution in [0, 0.1) is 6.92 Å². The molecule has 0 aliphatic heterocycles. The summed E-state index contributed by atoms with van der Waals surface area (Å²) in [5, 5.41) is 2.65. The van der Waals surface area contributed by atoms with E-state index >= 15 is 0 Å². The molecule has 110 valence electrons. The summed E-state index contributed by atoms with van der Waals surface area (Å²) in [5.41, 5.74) is 1.99. The molecule has 0 aliphatic rings. The van der Waals surface area contributed by atoms with Crippen LogP contribution < -0.4 is 5.32 Å². The van der Waals surface area contributed by atoms with Gasteiger partial charge in [0.05, 0.1) is 19.0 Å². The Labute approximate surface area is 121 Å². The molecule has 1 atom stereocenters. The number of nitrogens with one attached hydrogen (secondary N) is 2.